The van der Waals surface area contributed by atoms with E-state index < -0.39 is 5.91 Å². The third kappa shape index (κ3) is 2.88. The molecule has 0 aliphatic carbocycles. The number of hydrogen-bond acceptors (Lipinski definition) is 6. The molecule has 0 spiro atoms. The van der Waals surface area contributed by atoms with Gasteiger partial charge in [0.2, 0.25) is 5.95 Å². The summed E-state index contributed by atoms with van der Waals surface area (Å²) < 4.78 is 0. The highest BCUT2D eigenvalue weighted by Gasteiger charge is 2.25. The summed E-state index contributed by atoms with van der Waals surface area (Å²) >= 11 is 0. The molecule has 2 N–H and O–H groups in total. The van der Waals surface area contributed by atoms with Crippen molar-refractivity contribution in [3.63, 3.8) is 0 Å². The lowest BCUT2D eigenvalue weighted by molar-refractivity contribution is 0.0999. The van der Waals surface area contributed by atoms with Gasteiger partial charge in [0, 0.05) is 37.6 Å². The van der Waals surface area contributed by atoms with Gasteiger partial charge in [0.15, 0.2) is 0 Å². The third-order valence-electron chi connectivity index (χ3n) is 3.88. The first-order valence-corrected chi connectivity index (χ1v) is 7.30. The molecule has 2 aromatic rings. The van der Waals surface area contributed by atoms with E-state index in [4.69, 9.17) is 5.73 Å². The Labute approximate surface area is 128 Å². The van der Waals surface area contributed by atoms with Crippen molar-refractivity contribution < 1.29 is 4.79 Å². The monoisotopic (exact) mass is 298 g/mol. The number of hydrogen-bond donors (Lipinski definition) is 1. The van der Waals surface area contributed by atoms with Crippen LogP contribution in [0.1, 0.15) is 40.6 Å². The van der Waals surface area contributed by atoms with Gasteiger partial charge in [0.1, 0.15) is 5.82 Å². The van der Waals surface area contributed by atoms with Crippen molar-refractivity contribution in [2.24, 2.45) is 5.73 Å². The largest absolute Gasteiger partial charge is 0.365 e. The summed E-state index contributed by atoms with van der Waals surface area (Å²) in [5.41, 5.74) is 6.31. The molecular weight excluding hydrogens is 280 g/mol. The van der Waals surface area contributed by atoms with E-state index in [0.29, 0.717) is 11.3 Å². The fourth-order valence-electron chi connectivity index (χ4n) is 2.75. The predicted octanol–water partition coefficient (Wildman–Crippen LogP) is 1.06. The fourth-order valence-corrected chi connectivity index (χ4v) is 2.75. The summed E-state index contributed by atoms with van der Waals surface area (Å²) in [4.78, 5) is 30.8. The molecule has 1 aliphatic heterocycles. The predicted molar refractivity (Wildman–Crippen MR) is 81.5 cm³/mol. The van der Waals surface area contributed by atoms with Gasteiger partial charge < -0.3 is 10.6 Å². The smallest absolute Gasteiger partial charge is 0.252 e. The molecular formula is C15H18N6O. The molecule has 2 aromatic heterocycles. The molecule has 0 saturated carbocycles. The molecule has 22 heavy (non-hydrogen) atoms. The number of aryl methyl sites for hydroxylation is 1. The van der Waals surface area contributed by atoms with Crippen LogP contribution in [0.5, 0.6) is 0 Å². The number of nitrogens with two attached hydrogens (primary N) is 1. The van der Waals surface area contributed by atoms with Gasteiger partial charge in [0.25, 0.3) is 5.91 Å². The minimum Gasteiger partial charge on any atom is -0.365 e. The van der Waals surface area contributed by atoms with Crippen LogP contribution < -0.4 is 10.6 Å². The van der Waals surface area contributed by atoms with E-state index in [1.807, 2.05) is 0 Å². The molecule has 7 nitrogen and oxygen atoms in total. The van der Waals surface area contributed by atoms with Crippen molar-refractivity contribution >= 4 is 11.9 Å². The second-order valence-corrected chi connectivity index (χ2v) is 5.43. The Balaban J connectivity index is 1.80. The van der Waals surface area contributed by atoms with Gasteiger partial charge in [-0.2, -0.15) is 0 Å². The number of anilines is 1. The normalized spacial score (nSPS) is 18.2. The second kappa shape index (κ2) is 6.05. The number of carbonyl (C=O) groups is 1. The van der Waals surface area contributed by atoms with Crippen molar-refractivity contribution in [1.82, 2.24) is 19.9 Å². The summed E-state index contributed by atoms with van der Waals surface area (Å²) in [5.74, 6) is 1.20. The Morgan fingerprint density at radius 3 is 2.77 bits per heavy atom. The summed E-state index contributed by atoms with van der Waals surface area (Å²) in [7, 11) is 0. The van der Waals surface area contributed by atoms with E-state index in [2.05, 4.69) is 24.8 Å². The van der Waals surface area contributed by atoms with Crippen molar-refractivity contribution in [3.05, 3.63) is 41.7 Å². The molecule has 3 heterocycles. The molecule has 1 fully saturated rings. The quantitative estimate of drug-likeness (QED) is 0.909. The first-order chi connectivity index (χ1) is 10.6. The topological polar surface area (TPSA) is 97.9 Å². The molecule has 3 rings (SSSR count). The Hall–Kier alpha value is -2.57. The van der Waals surface area contributed by atoms with Gasteiger partial charge in [-0.25, -0.2) is 19.9 Å². The highest BCUT2D eigenvalue weighted by molar-refractivity contribution is 5.93. The summed E-state index contributed by atoms with van der Waals surface area (Å²) in [6.07, 6.45) is 7.06. The van der Waals surface area contributed by atoms with Crippen LogP contribution in [0.3, 0.4) is 0 Å². The van der Waals surface area contributed by atoms with Crippen molar-refractivity contribution in [1.29, 1.82) is 0 Å². The Morgan fingerprint density at radius 2 is 2.09 bits per heavy atom. The van der Waals surface area contributed by atoms with E-state index in [1.54, 1.807) is 25.4 Å². The highest BCUT2D eigenvalue weighted by Crippen LogP contribution is 2.26. The maximum Gasteiger partial charge on any atom is 0.252 e. The fraction of sp³-hybridized carbons (Fsp3) is 0.400. The van der Waals surface area contributed by atoms with Gasteiger partial charge in [-0.1, -0.05) is 0 Å². The lowest BCUT2D eigenvalue weighted by atomic mass is 9.97. The Morgan fingerprint density at radius 1 is 1.32 bits per heavy atom. The number of amides is 1. The van der Waals surface area contributed by atoms with Gasteiger partial charge in [-0.15, -0.1) is 0 Å². The zero-order valence-electron chi connectivity index (χ0n) is 12.4. The number of primary amides is 1. The minimum absolute atomic E-state index is 0.207. The second-order valence-electron chi connectivity index (χ2n) is 5.43. The number of piperidine rings is 1. The molecule has 1 amide bonds. The number of rotatable bonds is 3. The first kappa shape index (κ1) is 14.4. The highest BCUT2D eigenvalue weighted by atomic mass is 16.1. The van der Waals surface area contributed by atoms with Gasteiger partial charge in [-0.3, -0.25) is 4.79 Å². The molecule has 1 saturated heterocycles. The molecule has 0 radical (unpaired) electrons. The SMILES string of the molecule is Cc1nc([C@H]2CCCN(c3ncccn3)C2)ncc1C(N)=O. The van der Waals surface area contributed by atoms with E-state index in [-0.39, 0.29) is 5.92 Å². The summed E-state index contributed by atoms with van der Waals surface area (Å²) in [6, 6.07) is 1.81. The third-order valence-corrected chi connectivity index (χ3v) is 3.88. The number of carbonyl (C=O) groups excluding carboxylic acids is 1. The van der Waals surface area contributed by atoms with Gasteiger partial charge in [-0.05, 0) is 25.8 Å². The maximum atomic E-state index is 11.3. The van der Waals surface area contributed by atoms with Crippen LogP contribution in [-0.4, -0.2) is 38.9 Å². The van der Waals surface area contributed by atoms with Crippen LogP contribution in [-0.2, 0) is 0 Å². The maximum absolute atomic E-state index is 11.3. The minimum atomic E-state index is -0.494. The average molecular weight is 298 g/mol. The van der Waals surface area contributed by atoms with E-state index in [0.717, 1.165) is 37.7 Å². The molecule has 1 aliphatic rings. The zero-order chi connectivity index (χ0) is 15.5. The van der Waals surface area contributed by atoms with Crippen LogP contribution in [0.2, 0.25) is 0 Å². The number of aromatic nitrogens is 4. The van der Waals surface area contributed by atoms with Crippen LogP contribution in [0, 0.1) is 6.92 Å². The van der Waals surface area contributed by atoms with E-state index >= 15 is 0 Å². The summed E-state index contributed by atoms with van der Waals surface area (Å²) in [5, 5.41) is 0. The van der Waals surface area contributed by atoms with Crippen molar-refractivity contribution in [2.75, 3.05) is 18.0 Å². The van der Waals surface area contributed by atoms with Crippen LogP contribution in [0.25, 0.3) is 0 Å². The van der Waals surface area contributed by atoms with Crippen LogP contribution in [0.4, 0.5) is 5.95 Å². The van der Waals surface area contributed by atoms with Crippen LogP contribution >= 0.6 is 0 Å². The van der Waals surface area contributed by atoms with E-state index in [1.165, 1.54) is 6.20 Å². The van der Waals surface area contributed by atoms with Gasteiger partial charge >= 0.3 is 0 Å². The zero-order valence-corrected chi connectivity index (χ0v) is 12.4. The molecule has 0 aromatic carbocycles. The lowest BCUT2D eigenvalue weighted by Crippen LogP contribution is -2.36. The lowest BCUT2D eigenvalue weighted by Gasteiger charge is -2.32. The molecule has 1 atom stereocenters. The molecule has 114 valence electrons. The number of nitrogens with zero attached hydrogens (tertiary/aromatic N) is 5. The molecule has 0 unspecified atom stereocenters. The molecule has 0 bridgehead atoms. The summed E-state index contributed by atoms with van der Waals surface area (Å²) in [6.45, 7) is 3.49. The Bertz CT molecular complexity index is 675. The van der Waals surface area contributed by atoms with Gasteiger partial charge in [0.05, 0.1) is 11.3 Å². The Kier molecular flexibility index (Phi) is 3.95. The molecule has 7 heteroatoms. The van der Waals surface area contributed by atoms with E-state index in [9.17, 15) is 4.79 Å². The van der Waals surface area contributed by atoms with Crippen molar-refractivity contribution in [3.8, 4) is 0 Å². The standard InChI is InChI=1S/C15H18N6O/c1-10-12(13(16)22)8-19-14(20-10)11-4-2-7-21(9-11)15-17-5-3-6-18-15/h3,5-6,8,11H,2,4,7,9H2,1H3,(H2,16,22)/t11-/m0/s1. The van der Waals surface area contributed by atoms with Crippen LogP contribution in [0.15, 0.2) is 24.7 Å². The average Bonchev–Trinajstić information content (AvgIpc) is 2.55. The van der Waals surface area contributed by atoms with Crippen molar-refractivity contribution in [2.45, 2.75) is 25.7 Å². The first-order valence-electron chi connectivity index (χ1n) is 7.30.